The van der Waals surface area contributed by atoms with Crippen LogP contribution in [0.4, 0.5) is 0 Å². The van der Waals surface area contributed by atoms with Crippen molar-refractivity contribution < 1.29 is 9.47 Å². The lowest BCUT2D eigenvalue weighted by Gasteiger charge is -2.34. The molecule has 0 amide bonds. The SMILES string of the molecule is Cc1ccc2c(c1)Oc1cccc3c1B2c1cc(-n2c4ccccc4c4ccccc42)c(C#N)c(-n2c4ccccc4c4ccccc42)c1O3. The Balaban J connectivity index is 1.36. The molecule has 2 aliphatic heterocycles. The van der Waals surface area contributed by atoms with Gasteiger partial charge < -0.3 is 18.6 Å². The quantitative estimate of drug-likeness (QED) is 0.178. The average molecular weight is 640 g/mol. The Labute approximate surface area is 287 Å². The summed E-state index contributed by atoms with van der Waals surface area (Å²) in [5, 5.41) is 15.9. The van der Waals surface area contributed by atoms with E-state index in [-0.39, 0.29) is 6.71 Å². The lowest BCUT2D eigenvalue weighted by molar-refractivity contribution is 0.463. The average Bonchev–Trinajstić information content (AvgIpc) is 3.67. The highest BCUT2D eigenvalue weighted by molar-refractivity contribution is 6.98. The minimum Gasteiger partial charge on any atom is -0.458 e. The van der Waals surface area contributed by atoms with Gasteiger partial charge in [-0.15, -0.1) is 0 Å². The van der Waals surface area contributed by atoms with Crippen molar-refractivity contribution in [2.45, 2.75) is 6.92 Å². The molecule has 11 rings (SSSR count). The molecule has 4 heterocycles. The third-order valence-corrected chi connectivity index (χ3v) is 10.5. The van der Waals surface area contributed by atoms with Crippen molar-refractivity contribution in [3.63, 3.8) is 0 Å². The van der Waals surface area contributed by atoms with Crippen molar-refractivity contribution in [3.05, 3.63) is 151 Å². The van der Waals surface area contributed by atoms with Crippen LogP contribution in [0.5, 0.6) is 23.0 Å². The van der Waals surface area contributed by atoms with Gasteiger partial charge in [-0.05, 0) is 71.9 Å². The van der Waals surface area contributed by atoms with Crippen LogP contribution in [0, 0.1) is 18.3 Å². The van der Waals surface area contributed by atoms with E-state index in [1.165, 1.54) is 0 Å². The Bertz CT molecular complexity index is 2880. The van der Waals surface area contributed by atoms with E-state index in [1.54, 1.807) is 0 Å². The van der Waals surface area contributed by atoms with Crippen LogP contribution in [-0.2, 0) is 0 Å². The molecule has 232 valence electrons. The first-order valence-corrected chi connectivity index (χ1v) is 16.9. The second kappa shape index (κ2) is 9.91. The van der Waals surface area contributed by atoms with E-state index < -0.39 is 0 Å². The Kier molecular flexibility index (Phi) is 5.41. The van der Waals surface area contributed by atoms with Gasteiger partial charge in [0.2, 0.25) is 0 Å². The van der Waals surface area contributed by atoms with Crippen LogP contribution in [-0.4, -0.2) is 15.8 Å². The Morgan fingerprint density at radius 1 is 0.540 bits per heavy atom. The molecule has 0 atom stereocenters. The Morgan fingerprint density at radius 3 is 1.66 bits per heavy atom. The highest BCUT2D eigenvalue weighted by atomic mass is 16.5. The number of para-hydroxylation sites is 4. The van der Waals surface area contributed by atoms with Crippen LogP contribution in [0.15, 0.2) is 140 Å². The molecule has 5 nitrogen and oxygen atoms in total. The zero-order chi connectivity index (χ0) is 33.1. The zero-order valence-corrected chi connectivity index (χ0v) is 27.0. The molecule has 0 spiro atoms. The number of nitriles is 1. The number of ether oxygens (including phenoxy) is 2. The van der Waals surface area contributed by atoms with Crippen LogP contribution in [0.25, 0.3) is 55.0 Å². The molecule has 2 aromatic heterocycles. The highest BCUT2D eigenvalue weighted by Crippen LogP contribution is 2.44. The fraction of sp³-hybridized carbons (Fsp3) is 0.0227. The molecular weight excluding hydrogens is 613 g/mol. The van der Waals surface area contributed by atoms with E-state index in [0.29, 0.717) is 11.3 Å². The number of benzene rings is 7. The van der Waals surface area contributed by atoms with Gasteiger partial charge in [0.1, 0.15) is 40.3 Å². The molecule has 0 saturated heterocycles. The monoisotopic (exact) mass is 639 g/mol. The number of rotatable bonds is 2. The maximum atomic E-state index is 11.4. The lowest BCUT2D eigenvalue weighted by atomic mass is 9.34. The van der Waals surface area contributed by atoms with Crippen LogP contribution in [0.3, 0.4) is 0 Å². The van der Waals surface area contributed by atoms with Gasteiger partial charge in [0.05, 0.1) is 27.8 Å². The number of aromatic nitrogens is 2. The van der Waals surface area contributed by atoms with Gasteiger partial charge in [-0.2, -0.15) is 5.26 Å². The summed E-state index contributed by atoms with van der Waals surface area (Å²) in [6.45, 7) is 1.91. The Morgan fingerprint density at radius 2 is 1.08 bits per heavy atom. The van der Waals surface area contributed by atoms with Crippen LogP contribution in [0.1, 0.15) is 11.1 Å². The summed E-state index contributed by atoms with van der Waals surface area (Å²) in [5.41, 5.74) is 10.4. The summed E-state index contributed by atoms with van der Waals surface area (Å²) < 4.78 is 18.1. The maximum Gasteiger partial charge on any atom is 0.260 e. The predicted molar refractivity (Wildman–Crippen MR) is 202 cm³/mol. The number of fused-ring (bicyclic) bond motifs is 10. The molecule has 0 N–H and O–H groups in total. The van der Waals surface area contributed by atoms with Crippen LogP contribution >= 0.6 is 0 Å². The summed E-state index contributed by atoms with van der Waals surface area (Å²) in [6, 6.07) is 51.1. The summed E-state index contributed by atoms with van der Waals surface area (Å²) in [4.78, 5) is 0. The molecule has 0 saturated carbocycles. The van der Waals surface area contributed by atoms with Gasteiger partial charge in [-0.3, -0.25) is 0 Å². The fourth-order valence-electron chi connectivity index (χ4n) is 8.49. The van der Waals surface area contributed by atoms with E-state index in [4.69, 9.17) is 9.47 Å². The lowest BCUT2D eigenvalue weighted by Crippen LogP contribution is -2.57. The van der Waals surface area contributed by atoms with E-state index in [0.717, 1.165) is 94.2 Å². The van der Waals surface area contributed by atoms with Gasteiger partial charge in [-0.1, -0.05) is 91.0 Å². The minimum absolute atomic E-state index is 0.180. The summed E-state index contributed by atoms with van der Waals surface area (Å²) in [5.74, 6) is 3.05. The van der Waals surface area contributed by atoms with Crippen molar-refractivity contribution in [1.82, 2.24) is 9.13 Å². The Hall–Kier alpha value is -6.71. The second-order valence-electron chi connectivity index (χ2n) is 13.2. The second-order valence-corrected chi connectivity index (χ2v) is 13.2. The topological polar surface area (TPSA) is 52.1 Å². The predicted octanol–water partition coefficient (Wildman–Crippen LogP) is 8.79. The number of hydrogen-bond acceptors (Lipinski definition) is 3. The van der Waals surface area contributed by atoms with Crippen LogP contribution in [0.2, 0.25) is 0 Å². The van der Waals surface area contributed by atoms with E-state index in [9.17, 15) is 5.26 Å². The standard InChI is InChI=1S/C44H26BN3O2/c1-26-21-22-32-41(23-26)49-39-19-10-20-40-42(39)45(32)33-24-38(47-34-15-6-2-11-27(34)28-12-3-7-16-35(28)47)31(25-46)43(44(33)50-40)48-36-17-8-4-13-29(36)30-14-5-9-18-37(30)48/h2-24H,1H3. The normalized spacial score (nSPS) is 12.8. The molecule has 9 aromatic rings. The molecule has 0 fully saturated rings. The van der Waals surface area contributed by atoms with Gasteiger partial charge in [-0.25, -0.2) is 0 Å². The van der Waals surface area contributed by atoms with Crippen LogP contribution < -0.4 is 25.9 Å². The fourth-order valence-corrected chi connectivity index (χ4v) is 8.49. The molecule has 6 heteroatoms. The summed E-state index contributed by atoms with van der Waals surface area (Å²) >= 11 is 0. The van der Waals surface area contributed by atoms with Gasteiger partial charge in [0.15, 0.2) is 0 Å². The van der Waals surface area contributed by atoms with Gasteiger partial charge in [0, 0.05) is 27.0 Å². The third-order valence-electron chi connectivity index (χ3n) is 10.5. The first-order valence-electron chi connectivity index (χ1n) is 16.9. The molecule has 50 heavy (non-hydrogen) atoms. The van der Waals surface area contributed by atoms with E-state index >= 15 is 0 Å². The zero-order valence-electron chi connectivity index (χ0n) is 27.0. The third kappa shape index (κ3) is 3.51. The van der Waals surface area contributed by atoms with Crippen molar-refractivity contribution in [3.8, 4) is 40.4 Å². The van der Waals surface area contributed by atoms with Crippen molar-refractivity contribution >= 4 is 66.7 Å². The molecule has 2 aliphatic rings. The van der Waals surface area contributed by atoms with E-state index in [1.807, 2.05) is 18.2 Å². The first-order chi connectivity index (χ1) is 24.7. The molecule has 0 aliphatic carbocycles. The molecule has 0 radical (unpaired) electrons. The first kappa shape index (κ1) is 27.3. The minimum atomic E-state index is -0.180. The van der Waals surface area contributed by atoms with Crippen molar-refractivity contribution in [2.75, 3.05) is 0 Å². The van der Waals surface area contributed by atoms with Crippen molar-refractivity contribution in [2.24, 2.45) is 0 Å². The molecule has 0 unspecified atom stereocenters. The largest absolute Gasteiger partial charge is 0.458 e. The molecular formula is C44H26BN3O2. The van der Waals surface area contributed by atoms with Gasteiger partial charge >= 0.3 is 0 Å². The smallest absolute Gasteiger partial charge is 0.260 e. The van der Waals surface area contributed by atoms with E-state index in [2.05, 4.69) is 143 Å². The summed E-state index contributed by atoms with van der Waals surface area (Å²) in [7, 11) is 0. The number of hydrogen-bond donors (Lipinski definition) is 0. The summed E-state index contributed by atoms with van der Waals surface area (Å²) in [6.07, 6.45) is 0. The number of aryl methyl sites for hydroxylation is 1. The highest BCUT2D eigenvalue weighted by Gasteiger charge is 2.43. The molecule has 7 aromatic carbocycles. The number of nitrogens with zero attached hydrogens (tertiary/aromatic N) is 3. The maximum absolute atomic E-state index is 11.4. The molecule has 0 bridgehead atoms. The van der Waals surface area contributed by atoms with Crippen molar-refractivity contribution in [1.29, 1.82) is 5.26 Å². The van der Waals surface area contributed by atoms with Gasteiger partial charge in [0.25, 0.3) is 6.71 Å².